The number of carbonyl (C=O) groups excluding carboxylic acids is 1. The maximum Gasteiger partial charge on any atom is 0.276 e. The molecular weight excluding hydrogens is 302 g/mol. The third-order valence-corrected chi connectivity index (χ3v) is 5.29. The molecule has 4 rings (SSSR count). The molecule has 126 valence electrons. The topological polar surface area (TPSA) is 65.1 Å². The highest BCUT2D eigenvalue weighted by atomic mass is 16.2. The Hall–Kier alpha value is -2.21. The van der Waals surface area contributed by atoms with E-state index in [0.29, 0.717) is 17.4 Å². The lowest BCUT2D eigenvalue weighted by Crippen LogP contribution is -2.40. The minimum atomic E-state index is -0.00203. The van der Waals surface area contributed by atoms with Crippen LogP contribution in [0.2, 0.25) is 0 Å². The van der Waals surface area contributed by atoms with Gasteiger partial charge in [-0.25, -0.2) is 0 Å². The van der Waals surface area contributed by atoms with E-state index in [-0.39, 0.29) is 5.91 Å². The summed E-state index contributed by atoms with van der Waals surface area (Å²) in [6.45, 7) is 5.36. The third kappa shape index (κ3) is 2.82. The van der Waals surface area contributed by atoms with E-state index in [1.165, 1.54) is 11.1 Å². The van der Waals surface area contributed by atoms with E-state index in [4.69, 9.17) is 0 Å². The Kier molecular flexibility index (Phi) is 4.06. The Morgan fingerprint density at radius 2 is 1.83 bits per heavy atom. The molecule has 1 aliphatic carbocycles. The number of aromatic nitrogens is 3. The van der Waals surface area contributed by atoms with E-state index in [9.17, 15) is 4.79 Å². The van der Waals surface area contributed by atoms with Crippen LogP contribution in [-0.4, -0.2) is 63.3 Å². The summed E-state index contributed by atoms with van der Waals surface area (Å²) in [6, 6.07) is 9.33. The van der Waals surface area contributed by atoms with Crippen molar-refractivity contribution < 1.29 is 4.79 Å². The molecule has 0 bridgehead atoms. The standard InChI is InChI=1S/C18H23N5O/c1-13-17(20-21-19-13)18(24)23-8-4-7-22(9-10-23)16-11-14-5-2-3-6-15(14)12-16/h2-3,5-6,16H,4,7-12H2,1H3,(H,19,20,21). The van der Waals surface area contributed by atoms with Crippen LogP contribution >= 0.6 is 0 Å². The lowest BCUT2D eigenvalue weighted by molar-refractivity contribution is 0.0751. The molecule has 0 unspecified atom stereocenters. The molecule has 0 spiro atoms. The molecule has 1 saturated heterocycles. The number of H-pyrrole nitrogens is 1. The minimum Gasteiger partial charge on any atom is -0.336 e. The van der Waals surface area contributed by atoms with E-state index in [0.717, 1.165) is 45.4 Å². The van der Waals surface area contributed by atoms with Crippen LogP contribution in [0.25, 0.3) is 0 Å². The molecule has 1 amide bonds. The molecule has 2 aromatic rings. The minimum absolute atomic E-state index is 0.00203. The SMILES string of the molecule is Cc1n[nH]nc1C(=O)N1CCCN(C2Cc3ccccc3C2)CC1. The molecule has 0 saturated carbocycles. The maximum absolute atomic E-state index is 12.6. The van der Waals surface area contributed by atoms with Gasteiger partial charge in [-0.3, -0.25) is 9.69 Å². The van der Waals surface area contributed by atoms with Crippen molar-refractivity contribution in [2.24, 2.45) is 0 Å². The highest BCUT2D eigenvalue weighted by Crippen LogP contribution is 2.26. The zero-order valence-electron chi connectivity index (χ0n) is 14.0. The second-order valence-corrected chi connectivity index (χ2v) is 6.77. The zero-order valence-corrected chi connectivity index (χ0v) is 14.0. The fraction of sp³-hybridized carbons (Fsp3) is 0.500. The first-order valence-electron chi connectivity index (χ1n) is 8.70. The Morgan fingerprint density at radius 3 is 2.50 bits per heavy atom. The smallest absolute Gasteiger partial charge is 0.276 e. The van der Waals surface area contributed by atoms with Gasteiger partial charge in [0.25, 0.3) is 5.91 Å². The van der Waals surface area contributed by atoms with Crippen LogP contribution in [0.4, 0.5) is 0 Å². The average Bonchev–Trinajstić information content (AvgIpc) is 3.13. The number of hydrogen-bond acceptors (Lipinski definition) is 4. The summed E-state index contributed by atoms with van der Waals surface area (Å²) in [4.78, 5) is 17.1. The number of hydrogen-bond donors (Lipinski definition) is 1. The van der Waals surface area contributed by atoms with Gasteiger partial charge in [-0.15, -0.1) is 0 Å². The molecule has 1 fully saturated rings. The zero-order chi connectivity index (χ0) is 16.5. The van der Waals surface area contributed by atoms with Crippen LogP contribution in [-0.2, 0) is 12.8 Å². The van der Waals surface area contributed by atoms with Gasteiger partial charge in [0, 0.05) is 32.2 Å². The van der Waals surface area contributed by atoms with Gasteiger partial charge in [0.1, 0.15) is 0 Å². The molecule has 2 aliphatic rings. The van der Waals surface area contributed by atoms with E-state index in [2.05, 4.69) is 44.6 Å². The predicted octanol–water partition coefficient (Wildman–Crippen LogP) is 1.43. The molecule has 1 aromatic carbocycles. The van der Waals surface area contributed by atoms with E-state index < -0.39 is 0 Å². The van der Waals surface area contributed by atoms with Crippen molar-refractivity contribution in [2.45, 2.75) is 32.2 Å². The Labute approximate surface area is 141 Å². The largest absolute Gasteiger partial charge is 0.336 e. The lowest BCUT2D eigenvalue weighted by atomic mass is 10.1. The van der Waals surface area contributed by atoms with Crippen molar-refractivity contribution in [3.05, 3.63) is 46.8 Å². The maximum atomic E-state index is 12.6. The molecule has 6 heteroatoms. The number of nitrogens with zero attached hydrogens (tertiary/aromatic N) is 4. The van der Waals surface area contributed by atoms with Crippen molar-refractivity contribution in [1.29, 1.82) is 0 Å². The first-order chi connectivity index (χ1) is 11.7. The highest BCUT2D eigenvalue weighted by Gasteiger charge is 2.29. The van der Waals surface area contributed by atoms with Crippen molar-refractivity contribution in [3.8, 4) is 0 Å². The van der Waals surface area contributed by atoms with Gasteiger partial charge >= 0.3 is 0 Å². The van der Waals surface area contributed by atoms with Gasteiger partial charge in [-0.05, 0) is 37.3 Å². The normalized spacial score (nSPS) is 19.3. The summed E-state index contributed by atoms with van der Waals surface area (Å²) < 4.78 is 0. The fourth-order valence-electron chi connectivity index (χ4n) is 3.94. The number of rotatable bonds is 2. The van der Waals surface area contributed by atoms with Crippen molar-refractivity contribution in [2.75, 3.05) is 26.2 Å². The van der Waals surface area contributed by atoms with Crippen LogP contribution in [0.3, 0.4) is 0 Å². The number of fused-ring (bicyclic) bond motifs is 1. The molecule has 1 N–H and O–H groups in total. The number of nitrogens with one attached hydrogen (secondary N) is 1. The van der Waals surface area contributed by atoms with Gasteiger partial charge in [0.2, 0.25) is 0 Å². The van der Waals surface area contributed by atoms with Gasteiger partial charge in [0.15, 0.2) is 5.69 Å². The monoisotopic (exact) mass is 325 g/mol. The van der Waals surface area contributed by atoms with Gasteiger partial charge in [0.05, 0.1) is 5.69 Å². The molecule has 0 radical (unpaired) electrons. The summed E-state index contributed by atoms with van der Waals surface area (Å²) in [6.07, 6.45) is 3.27. The van der Waals surface area contributed by atoms with Crippen LogP contribution in [0.1, 0.15) is 33.7 Å². The second kappa shape index (κ2) is 6.36. The predicted molar refractivity (Wildman–Crippen MR) is 90.9 cm³/mol. The quantitative estimate of drug-likeness (QED) is 0.907. The van der Waals surface area contributed by atoms with E-state index in [1.807, 2.05) is 11.8 Å². The summed E-state index contributed by atoms with van der Waals surface area (Å²) in [5, 5.41) is 10.5. The van der Waals surface area contributed by atoms with E-state index >= 15 is 0 Å². The van der Waals surface area contributed by atoms with Crippen molar-refractivity contribution in [1.82, 2.24) is 25.2 Å². The van der Waals surface area contributed by atoms with Gasteiger partial charge in [-0.2, -0.15) is 15.4 Å². The second-order valence-electron chi connectivity index (χ2n) is 6.77. The summed E-state index contributed by atoms with van der Waals surface area (Å²) in [5.41, 5.74) is 4.10. The van der Waals surface area contributed by atoms with Gasteiger partial charge in [-0.1, -0.05) is 24.3 Å². The average molecular weight is 325 g/mol. The Bertz CT molecular complexity index is 716. The molecular formula is C18H23N5O. The highest BCUT2D eigenvalue weighted by molar-refractivity contribution is 5.93. The fourth-order valence-corrected chi connectivity index (χ4v) is 3.94. The Morgan fingerprint density at radius 1 is 1.08 bits per heavy atom. The molecule has 2 heterocycles. The molecule has 1 aromatic heterocycles. The number of aromatic amines is 1. The van der Waals surface area contributed by atoms with Crippen molar-refractivity contribution in [3.63, 3.8) is 0 Å². The molecule has 0 atom stereocenters. The first kappa shape index (κ1) is 15.3. The van der Waals surface area contributed by atoms with Gasteiger partial charge < -0.3 is 4.90 Å². The number of aryl methyl sites for hydroxylation is 1. The van der Waals surface area contributed by atoms with Crippen LogP contribution in [0, 0.1) is 6.92 Å². The third-order valence-electron chi connectivity index (χ3n) is 5.29. The van der Waals surface area contributed by atoms with Crippen molar-refractivity contribution >= 4 is 5.91 Å². The lowest BCUT2D eigenvalue weighted by Gasteiger charge is -2.27. The Balaban J connectivity index is 1.41. The van der Waals surface area contributed by atoms with Crippen LogP contribution in [0.15, 0.2) is 24.3 Å². The number of amides is 1. The van der Waals surface area contributed by atoms with Crippen LogP contribution < -0.4 is 0 Å². The number of carbonyl (C=O) groups is 1. The molecule has 1 aliphatic heterocycles. The summed E-state index contributed by atoms with van der Waals surface area (Å²) in [7, 11) is 0. The van der Waals surface area contributed by atoms with E-state index in [1.54, 1.807) is 0 Å². The first-order valence-corrected chi connectivity index (χ1v) is 8.70. The summed E-state index contributed by atoms with van der Waals surface area (Å²) >= 11 is 0. The number of benzene rings is 1. The summed E-state index contributed by atoms with van der Waals surface area (Å²) in [5.74, 6) is -0.00203. The molecule has 24 heavy (non-hydrogen) atoms. The molecule has 6 nitrogen and oxygen atoms in total. The van der Waals surface area contributed by atoms with Crippen LogP contribution in [0.5, 0.6) is 0 Å².